The number of ether oxygens (including phenoxy) is 2. The highest BCUT2D eigenvalue weighted by molar-refractivity contribution is 7.89. The highest BCUT2D eigenvalue weighted by atomic mass is 32.2. The molecule has 0 heterocycles. The Morgan fingerprint density at radius 1 is 0.818 bits per heavy atom. The Morgan fingerprint density at radius 3 is 2.00 bits per heavy atom. The fourth-order valence-electron chi connectivity index (χ4n) is 3.23. The Balaban J connectivity index is 1.52. The molecule has 0 saturated heterocycles. The molecule has 7 nitrogen and oxygen atoms in total. The quantitative estimate of drug-likeness (QED) is 0.469. The first-order valence-corrected chi connectivity index (χ1v) is 12.0. The van der Waals surface area contributed by atoms with Crippen molar-refractivity contribution in [1.29, 1.82) is 0 Å². The lowest BCUT2D eigenvalue weighted by Gasteiger charge is -2.16. The summed E-state index contributed by atoms with van der Waals surface area (Å²) in [6.45, 7) is 3.48. The molecule has 0 aromatic heterocycles. The third-order valence-corrected chi connectivity index (χ3v) is 6.69. The topological polar surface area (TPSA) is 93.7 Å². The van der Waals surface area contributed by atoms with Crippen LogP contribution in [0.4, 0.5) is 0 Å². The van der Waals surface area contributed by atoms with Crippen molar-refractivity contribution in [2.45, 2.75) is 30.8 Å². The van der Waals surface area contributed by atoms with E-state index in [1.165, 1.54) is 24.3 Å². The average molecular weight is 469 g/mol. The highest BCUT2D eigenvalue weighted by Crippen LogP contribution is 2.20. The predicted molar refractivity (Wildman–Crippen MR) is 127 cm³/mol. The van der Waals surface area contributed by atoms with Gasteiger partial charge in [-0.1, -0.05) is 42.5 Å². The standard InChI is InChI=1S/C25H28N2O5S/c1-18(21-9-11-22(31-3)12-10-21)26-25(28)17-32-23-13-15-24(16-14-23)33(29,30)27-19(2)20-7-5-4-6-8-20/h4-16,18-19,27H,17H2,1-3H3,(H,26,28)/t18-,19-/m0/s1. The number of rotatable bonds is 10. The van der Waals surface area contributed by atoms with Gasteiger partial charge in [-0.2, -0.15) is 0 Å². The summed E-state index contributed by atoms with van der Waals surface area (Å²) < 4.78 is 38.6. The summed E-state index contributed by atoms with van der Waals surface area (Å²) in [5.41, 5.74) is 1.81. The molecule has 33 heavy (non-hydrogen) atoms. The number of amides is 1. The van der Waals surface area contributed by atoms with Crippen LogP contribution in [0.5, 0.6) is 11.5 Å². The number of sulfonamides is 1. The molecule has 1 amide bonds. The molecule has 0 aliphatic heterocycles. The molecular weight excluding hydrogens is 440 g/mol. The summed E-state index contributed by atoms with van der Waals surface area (Å²) in [7, 11) is -2.10. The van der Waals surface area contributed by atoms with Crippen LogP contribution in [0.25, 0.3) is 0 Å². The smallest absolute Gasteiger partial charge is 0.258 e. The normalized spacial score (nSPS) is 13.1. The van der Waals surface area contributed by atoms with Crippen LogP contribution in [0.2, 0.25) is 0 Å². The number of hydrogen-bond donors (Lipinski definition) is 2. The number of carbonyl (C=O) groups excluding carboxylic acids is 1. The van der Waals surface area contributed by atoms with Gasteiger partial charge >= 0.3 is 0 Å². The minimum absolute atomic E-state index is 0.121. The summed E-state index contributed by atoms with van der Waals surface area (Å²) in [6, 6.07) is 22.2. The van der Waals surface area contributed by atoms with Gasteiger partial charge in [-0.05, 0) is 61.4 Å². The van der Waals surface area contributed by atoms with Crippen molar-refractivity contribution < 1.29 is 22.7 Å². The minimum Gasteiger partial charge on any atom is -0.497 e. The van der Waals surface area contributed by atoms with Crippen LogP contribution in [0.1, 0.15) is 37.1 Å². The highest BCUT2D eigenvalue weighted by Gasteiger charge is 2.18. The maximum Gasteiger partial charge on any atom is 0.258 e. The van der Waals surface area contributed by atoms with E-state index in [0.717, 1.165) is 16.9 Å². The Bertz CT molecular complexity index is 1150. The second-order valence-corrected chi connectivity index (χ2v) is 9.29. The van der Waals surface area contributed by atoms with E-state index < -0.39 is 10.0 Å². The van der Waals surface area contributed by atoms with Crippen molar-refractivity contribution >= 4 is 15.9 Å². The Hall–Kier alpha value is -3.36. The summed E-state index contributed by atoms with van der Waals surface area (Å²) >= 11 is 0. The van der Waals surface area contributed by atoms with Gasteiger partial charge in [-0.15, -0.1) is 0 Å². The number of benzene rings is 3. The Morgan fingerprint density at radius 2 is 1.39 bits per heavy atom. The summed E-state index contributed by atoms with van der Waals surface area (Å²) in [4.78, 5) is 12.4. The molecule has 0 radical (unpaired) electrons. The summed E-state index contributed by atoms with van der Waals surface area (Å²) in [5.74, 6) is 0.862. The lowest BCUT2D eigenvalue weighted by Crippen LogP contribution is -2.31. The van der Waals surface area contributed by atoms with Crippen molar-refractivity contribution in [3.05, 3.63) is 90.0 Å². The van der Waals surface area contributed by atoms with Crippen LogP contribution in [-0.2, 0) is 14.8 Å². The zero-order chi connectivity index (χ0) is 23.8. The van der Waals surface area contributed by atoms with Gasteiger partial charge in [0.2, 0.25) is 10.0 Å². The van der Waals surface area contributed by atoms with Gasteiger partial charge in [-0.25, -0.2) is 13.1 Å². The van der Waals surface area contributed by atoms with Gasteiger partial charge < -0.3 is 14.8 Å². The molecule has 0 fully saturated rings. The van der Waals surface area contributed by atoms with Crippen molar-refractivity contribution in [2.24, 2.45) is 0 Å². The molecule has 3 rings (SSSR count). The fraction of sp³-hybridized carbons (Fsp3) is 0.240. The van der Waals surface area contributed by atoms with Gasteiger partial charge in [0, 0.05) is 6.04 Å². The SMILES string of the molecule is COc1ccc([C@H](C)NC(=O)COc2ccc(S(=O)(=O)N[C@@H](C)c3ccccc3)cc2)cc1. The molecule has 0 spiro atoms. The molecule has 3 aromatic rings. The van der Waals surface area contributed by atoms with E-state index >= 15 is 0 Å². The van der Waals surface area contributed by atoms with Crippen molar-refractivity contribution in [3.63, 3.8) is 0 Å². The number of methoxy groups -OCH3 is 1. The van der Waals surface area contributed by atoms with Crippen molar-refractivity contribution in [2.75, 3.05) is 13.7 Å². The molecule has 0 bridgehead atoms. The molecule has 2 atom stereocenters. The molecule has 3 aromatic carbocycles. The number of nitrogens with one attached hydrogen (secondary N) is 2. The molecule has 0 aliphatic carbocycles. The van der Waals surface area contributed by atoms with E-state index in [9.17, 15) is 13.2 Å². The van der Waals surface area contributed by atoms with Crippen LogP contribution in [0, 0.1) is 0 Å². The molecular formula is C25H28N2O5S. The first kappa shape index (κ1) is 24.3. The van der Waals surface area contributed by atoms with E-state index in [-0.39, 0.29) is 29.5 Å². The lowest BCUT2D eigenvalue weighted by atomic mass is 10.1. The largest absolute Gasteiger partial charge is 0.497 e. The predicted octanol–water partition coefficient (Wildman–Crippen LogP) is 3.99. The van der Waals surface area contributed by atoms with Crippen LogP contribution < -0.4 is 19.5 Å². The molecule has 0 saturated carbocycles. The Kier molecular flexibility index (Phi) is 8.08. The van der Waals surface area contributed by atoms with Gasteiger partial charge in [-0.3, -0.25) is 4.79 Å². The van der Waals surface area contributed by atoms with E-state index in [1.54, 1.807) is 14.0 Å². The average Bonchev–Trinajstić information content (AvgIpc) is 2.83. The van der Waals surface area contributed by atoms with Gasteiger partial charge in [0.1, 0.15) is 11.5 Å². The van der Waals surface area contributed by atoms with E-state index in [2.05, 4.69) is 10.0 Å². The Labute approximate surface area is 194 Å². The summed E-state index contributed by atoms with van der Waals surface area (Å²) in [5, 5.41) is 2.87. The minimum atomic E-state index is -3.70. The second kappa shape index (κ2) is 11.0. The van der Waals surface area contributed by atoms with Gasteiger partial charge in [0.05, 0.1) is 18.0 Å². The maximum atomic E-state index is 12.7. The third-order valence-electron chi connectivity index (χ3n) is 5.13. The van der Waals surface area contributed by atoms with Gasteiger partial charge in [0.25, 0.3) is 5.91 Å². The summed E-state index contributed by atoms with van der Waals surface area (Å²) in [6.07, 6.45) is 0. The van der Waals surface area contributed by atoms with Crippen molar-refractivity contribution in [3.8, 4) is 11.5 Å². The fourth-order valence-corrected chi connectivity index (χ4v) is 4.47. The van der Waals surface area contributed by atoms with Crippen LogP contribution in [0.15, 0.2) is 83.8 Å². The first-order valence-electron chi connectivity index (χ1n) is 10.5. The molecule has 0 aliphatic rings. The molecule has 2 N–H and O–H groups in total. The monoisotopic (exact) mass is 468 g/mol. The van der Waals surface area contributed by atoms with Crippen LogP contribution in [-0.4, -0.2) is 28.0 Å². The molecule has 174 valence electrons. The lowest BCUT2D eigenvalue weighted by molar-refractivity contribution is -0.123. The van der Waals surface area contributed by atoms with Crippen LogP contribution in [0.3, 0.4) is 0 Å². The molecule has 0 unspecified atom stereocenters. The second-order valence-electron chi connectivity index (χ2n) is 7.58. The van der Waals surface area contributed by atoms with Gasteiger partial charge in [0.15, 0.2) is 6.61 Å². The van der Waals surface area contributed by atoms with E-state index in [4.69, 9.17) is 9.47 Å². The first-order chi connectivity index (χ1) is 15.8. The third kappa shape index (κ3) is 6.81. The van der Waals surface area contributed by atoms with E-state index in [1.807, 2.05) is 61.5 Å². The van der Waals surface area contributed by atoms with Crippen molar-refractivity contribution in [1.82, 2.24) is 10.0 Å². The zero-order valence-electron chi connectivity index (χ0n) is 18.8. The van der Waals surface area contributed by atoms with Crippen LogP contribution >= 0.6 is 0 Å². The number of carbonyl (C=O) groups is 1. The zero-order valence-corrected chi connectivity index (χ0v) is 19.6. The molecule has 8 heteroatoms. The number of hydrogen-bond acceptors (Lipinski definition) is 5. The van der Waals surface area contributed by atoms with E-state index in [0.29, 0.717) is 5.75 Å². The maximum absolute atomic E-state index is 12.7.